The van der Waals surface area contributed by atoms with Crippen LogP contribution < -0.4 is 14.8 Å². The number of hydrogen-bond donors (Lipinski definition) is 1. The Hall–Kier alpha value is -1.55. The zero-order valence-corrected chi connectivity index (χ0v) is 11.1. The maximum Gasteiger partial charge on any atom is 0.154 e. The van der Waals surface area contributed by atoms with Gasteiger partial charge in [-0.05, 0) is 31.5 Å². The van der Waals surface area contributed by atoms with E-state index in [1.165, 1.54) is 0 Å². The maximum absolute atomic E-state index is 12.0. The second-order valence-electron chi connectivity index (χ2n) is 4.54. The van der Waals surface area contributed by atoms with Gasteiger partial charge in [-0.15, -0.1) is 0 Å². The summed E-state index contributed by atoms with van der Waals surface area (Å²) in [5, 5.41) is 3.10. The lowest BCUT2D eigenvalue weighted by atomic mass is 9.85. The number of rotatable bonds is 3. The second-order valence-corrected chi connectivity index (χ2v) is 4.54. The Morgan fingerprint density at radius 3 is 2.67 bits per heavy atom. The van der Waals surface area contributed by atoms with Crippen LogP contribution in [0.3, 0.4) is 0 Å². The van der Waals surface area contributed by atoms with E-state index in [1.54, 1.807) is 14.2 Å². The van der Waals surface area contributed by atoms with Crippen LogP contribution in [0.1, 0.15) is 23.5 Å². The highest BCUT2D eigenvalue weighted by Crippen LogP contribution is 2.36. The van der Waals surface area contributed by atoms with Gasteiger partial charge in [0.15, 0.2) is 5.78 Å². The van der Waals surface area contributed by atoms with E-state index in [9.17, 15) is 4.79 Å². The first kappa shape index (κ1) is 12.9. The lowest BCUT2D eigenvalue weighted by molar-refractivity contribution is -0.120. The van der Waals surface area contributed by atoms with Crippen molar-refractivity contribution in [3.8, 4) is 11.5 Å². The molecule has 0 amide bonds. The average molecular weight is 249 g/mol. The normalized spacial score (nSPS) is 19.7. The first-order valence-electron chi connectivity index (χ1n) is 6.13. The van der Waals surface area contributed by atoms with Crippen LogP contribution in [-0.4, -0.2) is 33.1 Å². The molecule has 0 aromatic heterocycles. The van der Waals surface area contributed by atoms with Crippen molar-refractivity contribution in [2.45, 2.75) is 19.3 Å². The number of methoxy groups -OCH3 is 2. The fourth-order valence-corrected chi connectivity index (χ4v) is 2.51. The molecule has 0 saturated carbocycles. The van der Waals surface area contributed by atoms with Crippen LogP contribution in [0.4, 0.5) is 0 Å². The van der Waals surface area contributed by atoms with Crippen molar-refractivity contribution in [3.05, 3.63) is 23.3 Å². The summed E-state index contributed by atoms with van der Waals surface area (Å²) in [6.07, 6.45) is 0.822. The minimum absolute atomic E-state index is 0.0629. The van der Waals surface area contributed by atoms with Gasteiger partial charge >= 0.3 is 0 Å². The SMILES string of the molecule is COc1cc(C)c(C2CCNCC2=O)c(OC)c1. The molecular weight excluding hydrogens is 230 g/mol. The van der Waals surface area contributed by atoms with Gasteiger partial charge in [0.25, 0.3) is 0 Å². The van der Waals surface area contributed by atoms with Crippen molar-refractivity contribution in [2.75, 3.05) is 27.3 Å². The fourth-order valence-electron chi connectivity index (χ4n) is 2.51. The molecule has 1 aliphatic heterocycles. The molecule has 2 rings (SSSR count). The molecule has 4 nitrogen and oxygen atoms in total. The molecule has 18 heavy (non-hydrogen) atoms. The lowest BCUT2D eigenvalue weighted by Crippen LogP contribution is -2.36. The predicted octanol–water partition coefficient (Wildman–Crippen LogP) is 1.66. The Kier molecular flexibility index (Phi) is 3.87. The minimum Gasteiger partial charge on any atom is -0.497 e. The Balaban J connectivity index is 2.45. The van der Waals surface area contributed by atoms with E-state index in [4.69, 9.17) is 9.47 Å². The Morgan fingerprint density at radius 1 is 1.28 bits per heavy atom. The Morgan fingerprint density at radius 2 is 2.06 bits per heavy atom. The molecule has 1 unspecified atom stereocenters. The molecular formula is C14H19NO3. The molecule has 1 atom stereocenters. The number of hydrogen-bond acceptors (Lipinski definition) is 4. The van der Waals surface area contributed by atoms with E-state index in [-0.39, 0.29) is 11.7 Å². The van der Waals surface area contributed by atoms with Crippen molar-refractivity contribution in [1.82, 2.24) is 5.32 Å². The first-order chi connectivity index (χ1) is 8.67. The topological polar surface area (TPSA) is 47.6 Å². The zero-order valence-electron chi connectivity index (χ0n) is 11.1. The quantitative estimate of drug-likeness (QED) is 0.885. The van der Waals surface area contributed by atoms with Crippen molar-refractivity contribution in [1.29, 1.82) is 0 Å². The third-order valence-corrected chi connectivity index (χ3v) is 3.42. The standard InChI is InChI=1S/C14H19NO3/c1-9-6-10(17-2)7-13(18-3)14(9)11-4-5-15-8-12(11)16/h6-7,11,15H,4-5,8H2,1-3H3. The average Bonchev–Trinajstić information content (AvgIpc) is 2.39. The van der Waals surface area contributed by atoms with Gasteiger partial charge in [-0.25, -0.2) is 0 Å². The van der Waals surface area contributed by atoms with Crippen molar-refractivity contribution in [3.63, 3.8) is 0 Å². The zero-order chi connectivity index (χ0) is 13.1. The predicted molar refractivity (Wildman–Crippen MR) is 69.5 cm³/mol. The van der Waals surface area contributed by atoms with Crippen molar-refractivity contribution >= 4 is 5.78 Å². The largest absolute Gasteiger partial charge is 0.497 e. The van der Waals surface area contributed by atoms with Crippen LogP contribution in [0.15, 0.2) is 12.1 Å². The second kappa shape index (κ2) is 5.40. The van der Waals surface area contributed by atoms with Crippen LogP contribution in [0.2, 0.25) is 0 Å². The van der Waals surface area contributed by atoms with Crippen LogP contribution in [0.5, 0.6) is 11.5 Å². The van der Waals surface area contributed by atoms with E-state index >= 15 is 0 Å². The third-order valence-electron chi connectivity index (χ3n) is 3.42. The van der Waals surface area contributed by atoms with Gasteiger partial charge < -0.3 is 14.8 Å². The number of ketones is 1. The molecule has 1 N–H and O–H groups in total. The molecule has 1 aromatic carbocycles. The van der Waals surface area contributed by atoms with Gasteiger partial charge in [0.05, 0.1) is 20.8 Å². The summed E-state index contributed by atoms with van der Waals surface area (Å²) < 4.78 is 10.6. The monoisotopic (exact) mass is 249 g/mol. The summed E-state index contributed by atoms with van der Waals surface area (Å²) in [6, 6.07) is 3.80. The lowest BCUT2D eigenvalue weighted by Gasteiger charge is -2.25. The number of Topliss-reactive ketones (excluding diaryl/α,β-unsaturated/α-hetero) is 1. The van der Waals surface area contributed by atoms with Gasteiger partial charge in [0, 0.05) is 17.5 Å². The molecule has 98 valence electrons. The van der Waals surface area contributed by atoms with Crippen molar-refractivity contribution in [2.24, 2.45) is 0 Å². The molecule has 0 bridgehead atoms. The summed E-state index contributed by atoms with van der Waals surface area (Å²) in [6.45, 7) is 3.31. The van der Waals surface area contributed by atoms with E-state index < -0.39 is 0 Å². The van der Waals surface area contributed by atoms with Gasteiger partial charge in [-0.3, -0.25) is 4.79 Å². The molecule has 0 radical (unpaired) electrons. The van der Waals surface area contributed by atoms with E-state index in [0.717, 1.165) is 35.6 Å². The highest BCUT2D eigenvalue weighted by Gasteiger charge is 2.28. The van der Waals surface area contributed by atoms with E-state index in [2.05, 4.69) is 5.32 Å². The summed E-state index contributed by atoms with van der Waals surface area (Å²) >= 11 is 0. The minimum atomic E-state index is -0.0629. The highest BCUT2D eigenvalue weighted by molar-refractivity contribution is 5.89. The fraction of sp³-hybridized carbons (Fsp3) is 0.500. The summed E-state index contributed by atoms with van der Waals surface area (Å²) in [5.41, 5.74) is 2.05. The number of ether oxygens (including phenoxy) is 2. The molecule has 0 spiro atoms. The molecule has 1 aliphatic rings. The van der Waals surface area contributed by atoms with Gasteiger partial charge in [0.1, 0.15) is 11.5 Å². The third kappa shape index (κ3) is 2.34. The Bertz CT molecular complexity index is 457. The molecule has 1 saturated heterocycles. The molecule has 1 fully saturated rings. The first-order valence-corrected chi connectivity index (χ1v) is 6.13. The maximum atomic E-state index is 12.0. The molecule has 0 aliphatic carbocycles. The van der Waals surface area contributed by atoms with E-state index in [1.807, 2.05) is 19.1 Å². The molecule has 4 heteroatoms. The van der Waals surface area contributed by atoms with Gasteiger partial charge in [-0.1, -0.05) is 0 Å². The van der Waals surface area contributed by atoms with Crippen LogP contribution >= 0.6 is 0 Å². The van der Waals surface area contributed by atoms with Crippen molar-refractivity contribution < 1.29 is 14.3 Å². The van der Waals surface area contributed by atoms with Gasteiger partial charge in [-0.2, -0.15) is 0 Å². The smallest absolute Gasteiger partial charge is 0.154 e. The summed E-state index contributed by atoms with van der Waals surface area (Å²) in [4.78, 5) is 12.0. The van der Waals surface area contributed by atoms with Crippen LogP contribution in [0.25, 0.3) is 0 Å². The number of piperidine rings is 1. The summed E-state index contributed by atoms with van der Waals surface area (Å²) in [7, 11) is 3.26. The summed E-state index contributed by atoms with van der Waals surface area (Å²) in [5.74, 6) is 1.67. The highest BCUT2D eigenvalue weighted by atomic mass is 16.5. The number of aryl methyl sites for hydroxylation is 1. The number of benzene rings is 1. The number of nitrogens with one attached hydrogen (secondary N) is 1. The van der Waals surface area contributed by atoms with E-state index in [0.29, 0.717) is 6.54 Å². The number of carbonyl (C=O) groups excluding carboxylic acids is 1. The molecule has 1 heterocycles. The number of carbonyl (C=O) groups is 1. The van der Waals surface area contributed by atoms with Crippen LogP contribution in [0, 0.1) is 6.92 Å². The van der Waals surface area contributed by atoms with Gasteiger partial charge in [0.2, 0.25) is 0 Å². The van der Waals surface area contributed by atoms with Crippen LogP contribution in [-0.2, 0) is 4.79 Å². The molecule has 1 aromatic rings. The Labute approximate surface area is 107 Å².